The van der Waals surface area contributed by atoms with Crippen LogP contribution in [0.2, 0.25) is 0 Å². The zero-order valence-electron chi connectivity index (χ0n) is 14.1. The molecule has 132 valence electrons. The Hall–Kier alpha value is -1.92. The second-order valence-electron chi connectivity index (χ2n) is 5.68. The van der Waals surface area contributed by atoms with Crippen molar-refractivity contribution in [3.8, 4) is 11.5 Å². The van der Waals surface area contributed by atoms with Gasteiger partial charge in [0.05, 0.1) is 0 Å². The topological polar surface area (TPSA) is 94.0 Å². The van der Waals surface area contributed by atoms with Crippen LogP contribution in [0, 0.1) is 0 Å². The molecule has 0 saturated carbocycles. The van der Waals surface area contributed by atoms with E-state index in [0.717, 1.165) is 24.0 Å². The molecule has 2 rings (SSSR count). The predicted molar refractivity (Wildman–Crippen MR) is 96.0 cm³/mol. The molecule has 24 heavy (non-hydrogen) atoms. The van der Waals surface area contributed by atoms with Gasteiger partial charge in [-0.2, -0.15) is 4.98 Å². The molecule has 2 aromatic rings. The van der Waals surface area contributed by atoms with E-state index in [1.165, 1.54) is 0 Å². The third kappa shape index (κ3) is 6.29. The third-order valence-electron chi connectivity index (χ3n) is 3.55. The maximum atomic E-state index is 11.6. The Bertz CT molecular complexity index is 626. The fraction of sp³-hybridized carbons (Fsp3) is 0.471. The second-order valence-corrected chi connectivity index (χ2v) is 5.68. The van der Waals surface area contributed by atoms with Gasteiger partial charge < -0.3 is 15.6 Å². The normalized spacial score (nSPS) is 11.6. The van der Waals surface area contributed by atoms with Crippen molar-refractivity contribution in [1.82, 2.24) is 15.5 Å². The zero-order valence-corrected chi connectivity index (χ0v) is 14.9. The number of nitrogens with one attached hydrogen (secondary N) is 1. The number of aromatic nitrogens is 2. The highest BCUT2D eigenvalue weighted by atomic mass is 35.5. The van der Waals surface area contributed by atoms with Crippen LogP contribution < -0.4 is 11.1 Å². The number of carbonyl (C=O) groups is 1. The maximum absolute atomic E-state index is 11.6. The van der Waals surface area contributed by atoms with E-state index in [9.17, 15) is 4.79 Å². The van der Waals surface area contributed by atoms with Crippen molar-refractivity contribution in [2.75, 3.05) is 6.54 Å². The summed E-state index contributed by atoms with van der Waals surface area (Å²) < 4.78 is 5.21. The molecule has 0 spiro atoms. The highest BCUT2D eigenvalue weighted by Gasteiger charge is 2.07. The van der Waals surface area contributed by atoms with Crippen LogP contribution in [-0.4, -0.2) is 28.6 Å². The quantitative estimate of drug-likeness (QED) is 0.761. The van der Waals surface area contributed by atoms with E-state index in [1.807, 2.05) is 38.1 Å². The number of aryl methyl sites for hydroxylation is 1. The minimum absolute atomic E-state index is 0. The Balaban J connectivity index is 0.00000288. The highest BCUT2D eigenvalue weighted by Crippen LogP contribution is 2.18. The molecule has 1 atom stereocenters. The molecule has 0 aliphatic heterocycles. The summed E-state index contributed by atoms with van der Waals surface area (Å²) in [7, 11) is 0. The van der Waals surface area contributed by atoms with Gasteiger partial charge in [0.2, 0.25) is 5.91 Å². The van der Waals surface area contributed by atoms with E-state index in [-0.39, 0.29) is 24.4 Å². The van der Waals surface area contributed by atoms with Gasteiger partial charge in [-0.25, -0.2) is 0 Å². The lowest BCUT2D eigenvalue weighted by Gasteiger charge is -2.07. The molecule has 0 radical (unpaired) electrons. The summed E-state index contributed by atoms with van der Waals surface area (Å²) in [4.78, 5) is 15.9. The fourth-order valence-corrected chi connectivity index (χ4v) is 2.12. The van der Waals surface area contributed by atoms with Crippen LogP contribution in [0.4, 0.5) is 0 Å². The van der Waals surface area contributed by atoms with Gasteiger partial charge in [0, 0.05) is 31.0 Å². The smallest absolute Gasteiger partial charge is 0.257 e. The number of benzene rings is 1. The van der Waals surface area contributed by atoms with Crippen LogP contribution in [0.3, 0.4) is 0 Å². The molecule has 7 heteroatoms. The van der Waals surface area contributed by atoms with Crippen LogP contribution in [0.1, 0.15) is 38.1 Å². The summed E-state index contributed by atoms with van der Waals surface area (Å²) in [5.41, 5.74) is 7.69. The van der Waals surface area contributed by atoms with Crippen molar-refractivity contribution in [2.45, 2.75) is 45.6 Å². The van der Waals surface area contributed by atoms with Gasteiger partial charge >= 0.3 is 0 Å². The Morgan fingerprint density at radius 3 is 2.62 bits per heavy atom. The van der Waals surface area contributed by atoms with Crippen LogP contribution in [0.25, 0.3) is 11.5 Å². The third-order valence-corrected chi connectivity index (χ3v) is 3.55. The highest BCUT2D eigenvalue weighted by molar-refractivity contribution is 5.85. The van der Waals surface area contributed by atoms with Gasteiger partial charge in [-0.1, -0.05) is 24.2 Å². The fourth-order valence-electron chi connectivity index (χ4n) is 2.12. The first-order chi connectivity index (χ1) is 11.1. The van der Waals surface area contributed by atoms with E-state index in [2.05, 4.69) is 15.5 Å². The van der Waals surface area contributed by atoms with Gasteiger partial charge in [0.15, 0.2) is 5.82 Å². The molecule has 1 aromatic heterocycles. The second kappa shape index (κ2) is 10.1. The lowest BCUT2D eigenvalue weighted by Crippen LogP contribution is -2.27. The molecule has 0 aliphatic carbocycles. The first-order valence-electron chi connectivity index (χ1n) is 8.02. The predicted octanol–water partition coefficient (Wildman–Crippen LogP) is 2.51. The minimum Gasteiger partial charge on any atom is -0.356 e. The lowest BCUT2D eigenvalue weighted by molar-refractivity contribution is -0.121. The Kier molecular flexibility index (Phi) is 8.43. The van der Waals surface area contributed by atoms with E-state index in [0.29, 0.717) is 31.1 Å². The first-order valence-corrected chi connectivity index (χ1v) is 8.02. The van der Waals surface area contributed by atoms with Crippen LogP contribution >= 0.6 is 12.4 Å². The summed E-state index contributed by atoms with van der Waals surface area (Å²) in [6, 6.07) is 8.00. The molecular weight excluding hydrogens is 328 g/mol. The van der Waals surface area contributed by atoms with Crippen molar-refractivity contribution in [3.63, 3.8) is 0 Å². The maximum Gasteiger partial charge on any atom is 0.257 e. The molecule has 0 saturated heterocycles. The summed E-state index contributed by atoms with van der Waals surface area (Å²) in [6.45, 7) is 4.51. The zero-order chi connectivity index (χ0) is 16.7. The Morgan fingerprint density at radius 1 is 1.33 bits per heavy atom. The van der Waals surface area contributed by atoms with Gasteiger partial charge in [-0.3, -0.25) is 4.79 Å². The van der Waals surface area contributed by atoms with E-state index < -0.39 is 0 Å². The Labute approximate surface area is 148 Å². The largest absolute Gasteiger partial charge is 0.356 e. The van der Waals surface area contributed by atoms with Crippen LogP contribution in [0.15, 0.2) is 28.8 Å². The van der Waals surface area contributed by atoms with E-state index in [1.54, 1.807) is 0 Å². The average molecular weight is 353 g/mol. The molecule has 3 N–H and O–H groups in total. The van der Waals surface area contributed by atoms with E-state index >= 15 is 0 Å². The molecule has 1 amide bonds. The molecule has 1 heterocycles. The number of carbonyl (C=O) groups excluding carboxylic acids is 1. The van der Waals surface area contributed by atoms with Gasteiger partial charge in [0.25, 0.3) is 5.89 Å². The molecule has 6 nitrogen and oxygen atoms in total. The van der Waals surface area contributed by atoms with Crippen molar-refractivity contribution in [2.24, 2.45) is 5.73 Å². The van der Waals surface area contributed by atoms with Crippen molar-refractivity contribution >= 4 is 18.3 Å². The number of nitrogens with zero attached hydrogens (tertiary/aromatic N) is 2. The number of amides is 1. The van der Waals surface area contributed by atoms with Gasteiger partial charge in [0.1, 0.15) is 0 Å². The first kappa shape index (κ1) is 20.1. The summed E-state index contributed by atoms with van der Waals surface area (Å²) in [5, 5.41) is 6.80. The van der Waals surface area contributed by atoms with Crippen molar-refractivity contribution in [1.29, 1.82) is 0 Å². The summed E-state index contributed by atoms with van der Waals surface area (Å²) in [5.74, 6) is 1.30. The lowest BCUT2D eigenvalue weighted by atomic mass is 10.1. The number of rotatable bonds is 8. The molecule has 1 aromatic carbocycles. The molecule has 0 fully saturated rings. The molecule has 0 bridgehead atoms. The molecular formula is C17H25ClN4O2. The number of hydrogen-bond acceptors (Lipinski definition) is 5. The van der Waals surface area contributed by atoms with Crippen molar-refractivity contribution < 1.29 is 9.32 Å². The number of hydrogen-bond donors (Lipinski definition) is 2. The summed E-state index contributed by atoms with van der Waals surface area (Å²) >= 11 is 0. The molecule has 1 unspecified atom stereocenters. The number of nitrogens with two attached hydrogens (primary N) is 1. The SMILES string of the molecule is CCc1noc(-c2ccc(CCNC(=O)CCC(C)N)cc2)n1.Cl. The Morgan fingerprint density at radius 2 is 2.04 bits per heavy atom. The monoisotopic (exact) mass is 352 g/mol. The van der Waals surface area contributed by atoms with Crippen molar-refractivity contribution in [3.05, 3.63) is 35.7 Å². The van der Waals surface area contributed by atoms with Crippen LogP contribution in [0.5, 0.6) is 0 Å². The van der Waals surface area contributed by atoms with Gasteiger partial charge in [-0.15, -0.1) is 12.4 Å². The average Bonchev–Trinajstić information content (AvgIpc) is 3.02. The van der Waals surface area contributed by atoms with Gasteiger partial charge in [-0.05, 0) is 37.5 Å². The number of halogens is 1. The van der Waals surface area contributed by atoms with Crippen LogP contribution in [-0.2, 0) is 17.6 Å². The molecule has 0 aliphatic rings. The van der Waals surface area contributed by atoms with E-state index in [4.69, 9.17) is 10.3 Å². The summed E-state index contributed by atoms with van der Waals surface area (Å²) in [6.07, 6.45) is 2.73. The standard InChI is InChI=1S/C17H24N4O2.ClH/c1-3-15-20-17(23-21-15)14-7-5-13(6-8-14)10-11-19-16(22)9-4-12(2)18;/h5-8,12H,3-4,9-11,18H2,1-2H3,(H,19,22);1H. The minimum atomic E-state index is 0.